The zero-order valence-corrected chi connectivity index (χ0v) is 17.0. The second-order valence-corrected chi connectivity index (χ2v) is 7.77. The average Bonchev–Trinajstić information content (AvgIpc) is 3.03. The maximum absolute atomic E-state index is 12.1. The molecule has 2 aromatic carbocycles. The van der Waals surface area contributed by atoms with E-state index in [-0.39, 0.29) is 6.42 Å². The molecule has 3 aromatic rings. The van der Waals surface area contributed by atoms with Gasteiger partial charge < -0.3 is 0 Å². The van der Waals surface area contributed by atoms with Gasteiger partial charge in [0.1, 0.15) is 0 Å². The summed E-state index contributed by atoms with van der Waals surface area (Å²) in [5, 5.41) is 5.87. The Balaban J connectivity index is 1.38. The quantitative estimate of drug-likeness (QED) is 0.320. The van der Waals surface area contributed by atoms with Gasteiger partial charge in [0.25, 0.3) is 0 Å². The van der Waals surface area contributed by atoms with Gasteiger partial charge in [-0.3, -0.25) is 0 Å². The Bertz CT molecular complexity index is 895. The van der Waals surface area contributed by atoms with E-state index in [1.54, 1.807) is 0 Å². The summed E-state index contributed by atoms with van der Waals surface area (Å²) in [6.07, 6.45) is 2.63. The number of halogens is 3. The summed E-state index contributed by atoms with van der Waals surface area (Å²) in [6, 6.07) is 16.7. The number of rotatable bonds is 10. The van der Waals surface area contributed by atoms with E-state index in [0.717, 1.165) is 55.4 Å². The highest BCUT2D eigenvalue weighted by Crippen LogP contribution is 2.24. The summed E-state index contributed by atoms with van der Waals surface area (Å²) in [4.78, 5) is 0. The highest BCUT2D eigenvalue weighted by Gasteiger charge is 2.25. The highest BCUT2D eigenvalue weighted by molar-refractivity contribution is 5.81. The molecule has 0 saturated carbocycles. The molecule has 0 amide bonds. The molecule has 0 aliphatic rings. The predicted octanol–water partition coefficient (Wildman–Crippen LogP) is 7.56. The van der Waals surface area contributed by atoms with Crippen molar-refractivity contribution in [3.05, 3.63) is 59.8 Å². The molecular formula is C24H29F3N2. The van der Waals surface area contributed by atoms with Crippen molar-refractivity contribution in [2.75, 3.05) is 0 Å². The summed E-state index contributed by atoms with van der Waals surface area (Å²) in [7, 11) is 0. The van der Waals surface area contributed by atoms with Gasteiger partial charge >= 0.3 is 6.18 Å². The third-order valence-corrected chi connectivity index (χ3v) is 5.43. The van der Waals surface area contributed by atoms with Crippen molar-refractivity contribution >= 4 is 10.9 Å². The molecule has 0 bridgehead atoms. The van der Waals surface area contributed by atoms with Crippen LogP contribution in [0.2, 0.25) is 0 Å². The minimum atomic E-state index is -4.00. The molecule has 156 valence electrons. The molecule has 0 aliphatic carbocycles. The van der Waals surface area contributed by atoms with E-state index in [9.17, 15) is 13.2 Å². The summed E-state index contributed by atoms with van der Waals surface area (Å²) < 4.78 is 38.2. The standard InChI is InChI=1S/C24H29F3N2/c1-19-22-12-8-9-13-23(22)28-29(19)21-16-14-20(15-17-21)11-7-5-3-2-4-6-10-18-24(25,26)27/h8-9,12-17H,2-7,10-11,18H2,1H3. The van der Waals surface area contributed by atoms with Crippen LogP contribution in [0.5, 0.6) is 0 Å². The summed E-state index contributed by atoms with van der Waals surface area (Å²) >= 11 is 0. The van der Waals surface area contributed by atoms with E-state index in [2.05, 4.69) is 37.3 Å². The zero-order valence-electron chi connectivity index (χ0n) is 17.0. The van der Waals surface area contributed by atoms with Crippen molar-refractivity contribution in [2.24, 2.45) is 0 Å². The molecule has 2 nitrogen and oxygen atoms in total. The Hall–Kier alpha value is -2.30. The van der Waals surface area contributed by atoms with Crippen LogP contribution in [0.3, 0.4) is 0 Å². The van der Waals surface area contributed by atoms with Crippen molar-refractivity contribution in [2.45, 2.75) is 70.9 Å². The number of alkyl halides is 3. The van der Waals surface area contributed by atoms with Gasteiger partial charge in [0.2, 0.25) is 0 Å². The second kappa shape index (κ2) is 9.95. The number of nitrogens with zero attached hydrogens (tertiary/aromatic N) is 2. The first-order valence-corrected chi connectivity index (χ1v) is 10.5. The van der Waals surface area contributed by atoms with E-state index in [1.807, 2.05) is 22.9 Å². The van der Waals surface area contributed by atoms with E-state index in [4.69, 9.17) is 5.10 Å². The van der Waals surface area contributed by atoms with Crippen LogP contribution in [0.15, 0.2) is 48.5 Å². The molecule has 0 unspecified atom stereocenters. The normalized spacial score (nSPS) is 12.0. The molecule has 1 heterocycles. The van der Waals surface area contributed by atoms with Crippen LogP contribution in [0.1, 0.15) is 62.6 Å². The lowest BCUT2D eigenvalue weighted by Gasteiger charge is -2.07. The van der Waals surface area contributed by atoms with Gasteiger partial charge in [-0.15, -0.1) is 0 Å². The van der Waals surface area contributed by atoms with Gasteiger partial charge in [-0.25, -0.2) is 4.68 Å². The zero-order chi connectivity index (χ0) is 20.7. The van der Waals surface area contributed by atoms with Gasteiger partial charge in [-0.1, -0.05) is 62.4 Å². The Labute approximate surface area is 170 Å². The Morgan fingerprint density at radius 3 is 2.07 bits per heavy atom. The number of fused-ring (bicyclic) bond motifs is 1. The Morgan fingerprint density at radius 1 is 0.793 bits per heavy atom. The fourth-order valence-corrected chi connectivity index (χ4v) is 3.76. The fraction of sp³-hybridized carbons (Fsp3) is 0.458. The minimum Gasteiger partial charge on any atom is -0.237 e. The maximum Gasteiger partial charge on any atom is 0.389 e. The summed E-state index contributed by atoms with van der Waals surface area (Å²) in [5.41, 5.74) is 4.53. The largest absolute Gasteiger partial charge is 0.389 e. The molecule has 0 fully saturated rings. The van der Waals surface area contributed by atoms with Gasteiger partial charge in [0.15, 0.2) is 0 Å². The highest BCUT2D eigenvalue weighted by atomic mass is 19.4. The fourth-order valence-electron chi connectivity index (χ4n) is 3.76. The van der Waals surface area contributed by atoms with Crippen LogP contribution < -0.4 is 0 Å². The van der Waals surface area contributed by atoms with E-state index in [1.165, 1.54) is 10.9 Å². The number of aromatic nitrogens is 2. The van der Waals surface area contributed by atoms with Gasteiger partial charge in [0.05, 0.1) is 11.2 Å². The molecule has 5 heteroatoms. The van der Waals surface area contributed by atoms with Crippen molar-refractivity contribution in [3.8, 4) is 5.69 Å². The first-order chi connectivity index (χ1) is 13.9. The van der Waals surface area contributed by atoms with Crippen LogP contribution in [-0.2, 0) is 6.42 Å². The van der Waals surface area contributed by atoms with Crippen LogP contribution in [0.4, 0.5) is 13.2 Å². The topological polar surface area (TPSA) is 17.8 Å². The van der Waals surface area contributed by atoms with Crippen LogP contribution in [0.25, 0.3) is 16.6 Å². The molecule has 29 heavy (non-hydrogen) atoms. The molecule has 1 aromatic heterocycles. The Kier molecular flexibility index (Phi) is 7.34. The molecule has 3 rings (SSSR count). The SMILES string of the molecule is Cc1c2ccccc2nn1-c1ccc(CCCCCCCCCC(F)(F)F)cc1. The number of unbranched alkanes of at least 4 members (excludes halogenated alkanes) is 6. The lowest BCUT2D eigenvalue weighted by molar-refractivity contribution is -0.135. The van der Waals surface area contributed by atoms with Crippen molar-refractivity contribution < 1.29 is 13.2 Å². The number of hydrogen-bond acceptors (Lipinski definition) is 1. The smallest absolute Gasteiger partial charge is 0.237 e. The van der Waals surface area contributed by atoms with Gasteiger partial charge in [-0.05, 0) is 49.9 Å². The number of aryl methyl sites for hydroxylation is 2. The van der Waals surface area contributed by atoms with E-state index in [0.29, 0.717) is 6.42 Å². The molecule has 0 radical (unpaired) electrons. The molecule has 0 aliphatic heterocycles. The first kappa shape index (κ1) is 21.4. The second-order valence-electron chi connectivity index (χ2n) is 7.77. The lowest BCUT2D eigenvalue weighted by Crippen LogP contribution is -2.06. The van der Waals surface area contributed by atoms with Crippen LogP contribution >= 0.6 is 0 Å². The lowest BCUT2D eigenvalue weighted by atomic mass is 10.0. The van der Waals surface area contributed by atoms with Crippen molar-refractivity contribution in [3.63, 3.8) is 0 Å². The van der Waals surface area contributed by atoms with Crippen molar-refractivity contribution in [1.82, 2.24) is 9.78 Å². The Morgan fingerprint density at radius 2 is 1.41 bits per heavy atom. The average molecular weight is 403 g/mol. The monoisotopic (exact) mass is 402 g/mol. The third-order valence-electron chi connectivity index (χ3n) is 5.43. The molecule has 0 spiro atoms. The van der Waals surface area contributed by atoms with E-state index < -0.39 is 12.6 Å². The third kappa shape index (κ3) is 6.34. The summed E-state index contributed by atoms with van der Waals surface area (Å²) in [6.45, 7) is 2.09. The van der Waals surface area contributed by atoms with Gasteiger partial charge in [0, 0.05) is 17.5 Å². The van der Waals surface area contributed by atoms with Crippen LogP contribution in [0, 0.1) is 6.92 Å². The maximum atomic E-state index is 12.1. The molecule has 0 atom stereocenters. The number of hydrogen-bond donors (Lipinski definition) is 0. The molecule has 0 saturated heterocycles. The summed E-state index contributed by atoms with van der Waals surface area (Å²) in [5.74, 6) is 0. The first-order valence-electron chi connectivity index (χ1n) is 10.5. The number of benzene rings is 2. The van der Waals surface area contributed by atoms with Gasteiger partial charge in [-0.2, -0.15) is 18.3 Å². The van der Waals surface area contributed by atoms with Crippen molar-refractivity contribution in [1.29, 1.82) is 0 Å². The molecule has 0 N–H and O–H groups in total. The predicted molar refractivity (Wildman–Crippen MR) is 113 cm³/mol. The minimum absolute atomic E-state index is 0.265. The molecular weight excluding hydrogens is 373 g/mol. The van der Waals surface area contributed by atoms with Crippen LogP contribution in [-0.4, -0.2) is 16.0 Å². The van der Waals surface area contributed by atoms with E-state index >= 15 is 0 Å².